The number of allylic oxidation sites excluding steroid dienone is 2. The molecule has 0 spiro atoms. The Balaban J connectivity index is 1.36. The zero-order valence-corrected chi connectivity index (χ0v) is 21.4. The maximum atomic E-state index is 12.2. The zero-order chi connectivity index (χ0) is 25.5. The van der Waals surface area contributed by atoms with E-state index in [9.17, 15) is 4.79 Å². The van der Waals surface area contributed by atoms with Crippen molar-refractivity contribution in [1.82, 2.24) is 5.01 Å². The number of methoxy groups -OCH3 is 3. The minimum absolute atomic E-state index is 0.0268. The molecular formula is C26H28N4O5S. The molecule has 0 amide bonds. The molecule has 0 saturated heterocycles. The van der Waals surface area contributed by atoms with E-state index in [4.69, 9.17) is 19.0 Å². The number of esters is 1. The lowest BCUT2D eigenvalue weighted by atomic mass is 10.0. The van der Waals surface area contributed by atoms with Crippen LogP contribution < -0.4 is 9.64 Å². The molecule has 2 heterocycles. The first-order valence-electron chi connectivity index (χ1n) is 11.2. The van der Waals surface area contributed by atoms with Crippen molar-refractivity contribution in [2.75, 3.05) is 26.2 Å². The Hall–Kier alpha value is -3.92. The second-order valence-corrected chi connectivity index (χ2v) is 9.08. The summed E-state index contributed by atoms with van der Waals surface area (Å²) >= 11 is 1.74. The van der Waals surface area contributed by atoms with Gasteiger partial charge in [-0.2, -0.15) is 5.10 Å². The molecule has 4 rings (SSSR count). The maximum absolute atomic E-state index is 12.2. The van der Waals surface area contributed by atoms with E-state index < -0.39 is 5.97 Å². The van der Waals surface area contributed by atoms with Gasteiger partial charge in [0.25, 0.3) is 0 Å². The fraction of sp³-hybridized carbons (Fsp3) is 0.269. The van der Waals surface area contributed by atoms with Crippen LogP contribution in [-0.4, -0.2) is 50.4 Å². The topological polar surface area (TPSA) is 85.2 Å². The van der Waals surface area contributed by atoms with Crippen molar-refractivity contribution in [1.29, 1.82) is 0 Å². The predicted molar refractivity (Wildman–Crippen MR) is 141 cm³/mol. The van der Waals surface area contributed by atoms with Crippen LogP contribution in [-0.2, 0) is 25.7 Å². The van der Waals surface area contributed by atoms with E-state index in [1.165, 1.54) is 25.4 Å². The first-order valence-corrected chi connectivity index (χ1v) is 12.1. The molecule has 0 N–H and O–H groups in total. The molecule has 2 aliphatic rings. The van der Waals surface area contributed by atoms with Gasteiger partial charge in [-0.1, -0.05) is 41.2 Å². The predicted octanol–water partition coefficient (Wildman–Crippen LogP) is 4.78. The lowest BCUT2D eigenvalue weighted by Gasteiger charge is -2.25. The monoisotopic (exact) mass is 508 g/mol. The van der Waals surface area contributed by atoms with E-state index in [1.807, 2.05) is 59.9 Å². The summed E-state index contributed by atoms with van der Waals surface area (Å²) in [6.45, 7) is 2.27. The molecule has 1 atom stereocenters. The van der Waals surface area contributed by atoms with Crippen LogP contribution >= 0.6 is 11.8 Å². The van der Waals surface area contributed by atoms with Gasteiger partial charge in [0.1, 0.15) is 24.3 Å². The van der Waals surface area contributed by atoms with E-state index >= 15 is 0 Å². The number of thioether (sulfide) groups is 1. The van der Waals surface area contributed by atoms with E-state index in [1.54, 1.807) is 25.1 Å². The molecule has 0 aliphatic carbocycles. The normalized spacial score (nSPS) is 17.1. The highest BCUT2D eigenvalue weighted by atomic mass is 32.2. The number of hydrogen-bond donors (Lipinski definition) is 0. The van der Waals surface area contributed by atoms with Crippen molar-refractivity contribution in [3.63, 3.8) is 0 Å². The first kappa shape index (κ1) is 25.2. The molecule has 188 valence electrons. The third-order valence-electron chi connectivity index (χ3n) is 5.69. The van der Waals surface area contributed by atoms with Crippen LogP contribution in [0.5, 0.6) is 5.75 Å². The lowest BCUT2D eigenvalue weighted by molar-refractivity contribution is -0.133. The molecule has 10 heteroatoms. The Labute approximate surface area is 214 Å². The number of rotatable bonds is 10. The minimum Gasteiger partial charge on any atom is -0.503 e. The summed E-state index contributed by atoms with van der Waals surface area (Å²) < 4.78 is 15.2. The SMILES string of the molecule is CO/C=C(/C(=O)OC)c1ccccc1CON=CCC1=C(C)SC2N1N=CN2c1ccc(OC)cc1. The molecule has 0 fully saturated rings. The summed E-state index contributed by atoms with van der Waals surface area (Å²) in [5, 5.41) is 10.8. The molecule has 1 unspecified atom stereocenters. The van der Waals surface area contributed by atoms with Crippen LogP contribution in [0.15, 0.2) is 75.7 Å². The molecule has 2 aromatic carbocycles. The van der Waals surface area contributed by atoms with E-state index in [2.05, 4.69) is 22.1 Å². The fourth-order valence-electron chi connectivity index (χ4n) is 3.87. The third kappa shape index (κ3) is 5.33. The number of hydrogen-bond acceptors (Lipinski definition) is 10. The number of ether oxygens (including phenoxy) is 3. The minimum atomic E-state index is -0.488. The Morgan fingerprint density at radius 3 is 2.64 bits per heavy atom. The highest BCUT2D eigenvalue weighted by Gasteiger charge is 2.38. The van der Waals surface area contributed by atoms with Crippen molar-refractivity contribution in [3.05, 3.63) is 76.5 Å². The molecule has 0 aromatic heterocycles. The molecular weight excluding hydrogens is 480 g/mol. The van der Waals surface area contributed by atoms with Crippen LogP contribution in [0.1, 0.15) is 24.5 Å². The Kier molecular flexibility index (Phi) is 8.17. The summed E-state index contributed by atoms with van der Waals surface area (Å²) in [7, 11) is 4.47. The first-order chi connectivity index (χ1) is 17.6. The molecule has 2 aromatic rings. The van der Waals surface area contributed by atoms with Crippen LogP contribution in [0.4, 0.5) is 5.69 Å². The summed E-state index contributed by atoms with van der Waals surface area (Å²) in [6.07, 6.45) is 5.50. The number of oxime groups is 1. The van der Waals surface area contributed by atoms with Gasteiger partial charge in [-0.05, 0) is 36.8 Å². The summed E-state index contributed by atoms with van der Waals surface area (Å²) in [5.41, 5.74) is 3.90. The Morgan fingerprint density at radius 1 is 1.14 bits per heavy atom. The lowest BCUT2D eigenvalue weighted by Crippen LogP contribution is -2.33. The largest absolute Gasteiger partial charge is 0.503 e. The van der Waals surface area contributed by atoms with Crippen molar-refractivity contribution in [2.24, 2.45) is 10.3 Å². The number of nitrogens with zero attached hydrogens (tertiary/aromatic N) is 4. The zero-order valence-electron chi connectivity index (χ0n) is 20.6. The van der Waals surface area contributed by atoms with Crippen molar-refractivity contribution < 1.29 is 23.8 Å². The van der Waals surface area contributed by atoms with Gasteiger partial charge < -0.3 is 19.0 Å². The molecule has 9 nitrogen and oxygen atoms in total. The quantitative estimate of drug-likeness (QED) is 0.149. The van der Waals surface area contributed by atoms with E-state index in [0.717, 1.165) is 22.7 Å². The van der Waals surface area contributed by atoms with Gasteiger partial charge in [0.05, 0.1) is 33.3 Å². The molecule has 2 aliphatic heterocycles. The third-order valence-corrected chi connectivity index (χ3v) is 6.91. The Bertz CT molecular complexity index is 1210. The van der Waals surface area contributed by atoms with Crippen molar-refractivity contribution in [2.45, 2.75) is 25.4 Å². The van der Waals surface area contributed by atoms with Gasteiger partial charge in [0, 0.05) is 28.8 Å². The number of fused-ring (bicyclic) bond motifs is 1. The number of carbonyl (C=O) groups is 1. The van der Waals surface area contributed by atoms with Crippen LogP contribution in [0.3, 0.4) is 0 Å². The second kappa shape index (κ2) is 11.7. The van der Waals surface area contributed by atoms with Gasteiger partial charge in [0.2, 0.25) is 0 Å². The number of anilines is 1. The number of hydrazone groups is 1. The molecule has 0 bridgehead atoms. The van der Waals surface area contributed by atoms with Crippen LogP contribution in [0.25, 0.3) is 5.57 Å². The second-order valence-electron chi connectivity index (χ2n) is 7.81. The standard InChI is InChI=1S/C26H28N4O5S/c1-18-24(30-26(36-18)29(17-27-30)20-9-11-21(33-3)12-10-20)13-14-28-35-15-19-7-5-6-8-22(19)23(16-32-2)25(31)34-4/h5-12,14,16-17,26H,13,15H2,1-4H3/b23-16+,28-14?. The molecule has 0 radical (unpaired) electrons. The molecule has 36 heavy (non-hydrogen) atoms. The maximum Gasteiger partial charge on any atom is 0.341 e. The average molecular weight is 509 g/mol. The van der Waals surface area contributed by atoms with Crippen molar-refractivity contribution in [3.8, 4) is 5.75 Å². The van der Waals surface area contributed by atoms with Crippen molar-refractivity contribution >= 4 is 41.5 Å². The highest BCUT2D eigenvalue weighted by molar-refractivity contribution is 8.04. The van der Waals surface area contributed by atoms with Crippen LogP contribution in [0, 0.1) is 0 Å². The number of carbonyl (C=O) groups excluding carboxylic acids is 1. The van der Waals surface area contributed by atoms with Crippen LogP contribution in [0.2, 0.25) is 0 Å². The fourth-order valence-corrected chi connectivity index (χ4v) is 5.07. The highest BCUT2D eigenvalue weighted by Crippen LogP contribution is 2.44. The van der Waals surface area contributed by atoms with Gasteiger partial charge in [-0.25, -0.2) is 9.80 Å². The van der Waals surface area contributed by atoms with Gasteiger partial charge >= 0.3 is 5.97 Å². The smallest absolute Gasteiger partial charge is 0.341 e. The van der Waals surface area contributed by atoms with E-state index in [-0.39, 0.29) is 12.1 Å². The van der Waals surface area contributed by atoms with E-state index in [0.29, 0.717) is 17.6 Å². The summed E-state index contributed by atoms with van der Waals surface area (Å²) in [5.74, 6) is 0.328. The van der Waals surface area contributed by atoms with Gasteiger partial charge in [0.15, 0.2) is 5.50 Å². The average Bonchev–Trinajstić information content (AvgIpc) is 3.45. The number of benzene rings is 2. The summed E-state index contributed by atoms with van der Waals surface area (Å²) in [4.78, 5) is 21.0. The Morgan fingerprint density at radius 2 is 1.92 bits per heavy atom. The van der Waals surface area contributed by atoms with Gasteiger partial charge in [-0.15, -0.1) is 0 Å². The molecule has 0 saturated carbocycles. The van der Waals surface area contributed by atoms with Gasteiger partial charge in [-0.3, -0.25) is 4.90 Å². The summed E-state index contributed by atoms with van der Waals surface area (Å²) in [6, 6.07) is 15.3.